The summed E-state index contributed by atoms with van der Waals surface area (Å²) in [7, 11) is 0. The molecule has 0 atom stereocenters. The Balaban J connectivity index is 2.00. The predicted molar refractivity (Wildman–Crippen MR) is 84.1 cm³/mol. The average Bonchev–Trinajstić information content (AvgIpc) is 2.38. The molecule has 3 heteroatoms. The molecule has 2 aromatic carbocycles. The largest absolute Gasteiger partial charge is 0.372 e. The summed E-state index contributed by atoms with van der Waals surface area (Å²) in [6, 6.07) is 18.3. The SMILES string of the molecule is S=C(NCc1ccccc1I)c1ccccc1. The van der Waals surface area contributed by atoms with E-state index in [0.29, 0.717) is 0 Å². The Morgan fingerprint density at radius 2 is 1.65 bits per heavy atom. The van der Waals surface area contributed by atoms with Crippen LogP contribution in [0.3, 0.4) is 0 Å². The minimum Gasteiger partial charge on any atom is -0.372 e. The van der Waals surface area contributed by atoms with E-state index in [1.165, 1.54) is 9.13 Å². The van der Waals surface area contributed by atoms with Crippen LogP contribution in [-0.2, 0) is 6.54 Å². The maximum absolute atomic E-state index is 5.35. The van der Waals surface area contributed by atoms with Gasteiger partial charge in [0, 0.05) is 15.7 Å². The molecule has 0 heterocycles. The van der Waals surface area contributed by atoms with Crippen LogP contribution in [0.25, 0.3) is 0 Å². The molecule has 0 spiro atoms. The summed E-state index contributed by atoms with van der Waals surface area (Å²) in [5, 5.41) is 3.28. The number of nitrogens with one attached hydrogen (secondary N) is 1. The molecule has 0 aliphatic rings. The molecule has 0 aliphatic heterocycles. The monoisotopic (exact) mass is 353 g/mol. The topological polar surface area (TPSA) is 12.0 Å². The number of hydrogen-bond acceptors (Lipinski definition) is 1. The van der Waals surface area contributed by atoms with E-state index >= 15 is 0 Å². The van der Waals surface area contributed by atoms with Crippen LogP contribution in [0.2, 0.25) is 0 Å². The molecular formula is C14H12INS. The number of rotatable bonds is 3. The third-order valence-electron chi connectivity index (χ3n) is 2.43. The Hall–Kier alpha value is -0.940. The van der Waals surface area contributed by atoms with E-state index in [1.54, 1.807) is 0 Å². The van der Waals surface area contributed by atoms with Gasteiger partial charge in [-0.15, -0.1) is 0 Å². The quantitative estimate of drug-likeness (QED) is 0.666. The third-order valence-corrected chi connectivity index (χ3v) is 3.87. The van der Waals surface area contributed by atoms with Gasteiger partial charge < -0.3 is 5.32 Å². The van der Waals surface area contributed by atoms with Crippen molar-refractivity contribution in [3.8, 4) is 0 Å². The lowest BCUT2D eigenvalue weighted by Gasteiger charge is -2.09. The van der Waals surface area contributed by atoms with Crippen LogP contribution in [0.5, 0.6) is 0 Å². The first-order chi connectivity index (χ1) is 8.27. The van der Waals surface area contributed by atoms with Crippen molar-refractivity contribution in [2.45, 2.75) is 6.54 Å². The highest BCUT2D eigenvalue weighted by atomic mass is 127. The highest BCUT2D eigenvalue weighted by Crippen LogP contribution is 2.11. The normalized spacial score (nSPS) is 9.94. The third kappa shape index (κ3) is 3.51. The van der Waals surface area contributed by atoms with Gasteiger partial charge in [-0.05, 0) is 34.2 Å². The van der Waals surface area contributed by atoms with Crippen molar-refractivity contribution >= 4 is 39.8 Å². The lowest BCUT2D eigenvalue weighted by atomic mass is 10.2. The molecule has 2 rings (SSSR count). The summed E-state index contributed by atoms with van der Waals surface area (Å²) < 4.78 is 1.26. The zero-order chi connectivity index (χ0) is 12.1. The molecule has 0 radical (unpaired) electrons. The van der Waals surface area contributed by atoms with Crippen LogP contribution in [0.1, 0.15) is 11.1 Å². The maximum atomic E-state index is 5.35. The molecule has 1 N–H and O–H groups in total. The molecule has 0 saturated heterocycles. The van der Waals surface area contributed by atoms with Crippen LogP contribution in [0, 0.1) is 3.57 Å². The second-order valence-corrected chi connectivity index (χ2v) is 5.21. The van der Waals surface area contributed by atoms with E-state index in [1.807, 2.05) is 42.5 Å². The minimum absolute atomic E-state index is 0.771. The molecule has 0 saturated carbocycles. The standard InChI is InChI=1S/C14H12INS/c15-13-9-5-4-8-12(13)10-16-14(17)11-6-2-1-3-7-11/h1-9H,10H2,(H,16,17). The summed E-state index contributed by atoms with van der Waals surface area (Å²) in [5.74, 6) is 0. The van der Waals surface area contributed by atoms with Crippen LogP contribution in [0.4, 0.5) is 0 Å². The van der Waals surface area contributed by atoms with Crippen molar-refractivity contribution in [3.63, 3.8) is 0 Å². The Morgan fingerprint density at radius 1 is 1.00 bits per heavy atom. The first-order valence-electron chi connectivity index (χ1n) is 5.34. The van der Waals surface area contributed by atoms with Crippen LogP contribution in [-0.4, -0.2) is 4.99 Å². The molecular weight excluding hydrogens is 341 g/mol. The van der Waals surface area contributed by atoms with Gasteiger partial charge in [0.1, 0.15) is 4.99 Å². The molecule has 1 nitrogen and oxygen atoms in total. The van der Waals surface area contributed by atoms with Gasteiger partial charge in [0.05, 0.1) is 0 Å². The zero-order valence-corrected chi connectivity index (χ0v) is 12.2. The fourth-order valence-electron chi connectivity index (χ4n) is 1.51. The molecule has 2 aromatic rings. The molecule has 86 valence electrons. The highest BCUT2D eigenvalue weighted by molar-refractivity contribution is 14.1. The summed E-state index contributed by atoms with van der Waals surface area (Å²) in [6.07, 6.45) is 0. The summed E-state index contributed by atoms with van der Waals surface area (Å²) >= 11 is 7.69. The van der Waals surface area contributed by atoms with Crippen LogP contribution in [0.15, 0.2) is 54.6 Å². The molecule has 0 fully saturated rings. The Bertz CT molecular complexity index is 511. The second kappa shape index (κ2) is 6.12. The minimum atomic E-state index is 0.771. The van der Waals surface area contributed by atoms with Gasteiger partial charge >= 0.3 is 0 Å². The summed E-state index contributed by atoms with van der Waals surface area (Å²) in [6.45, 7) is 0.771. The van der Waals surface area contributed by atoms with Gasteiger partial charge in [-0.25, -0.2) is 0 Å². The summed E-state index contributed by atoms with van der Waals surface area (Å²) in [4.78, 5) is 0.797. The summed E-state index contributed by atoms with van der Waals surface area (Å²) in [5.41, 5.74) is 2.33. The van der Waals surface area contributed by atoms with Gasteiger partial charge in [-0.2, -0.15) is 0 Å². The van der Waals surface area contributed by atoms with Crippen molar-refractivity contribution in [3.05, 3.63) is 69.3 Å². The van der Waals surface area contributed by atoms with Crippen LogP contribution < -0.4 is 5.32 Å². The maximum Gasteiger partial charge on any atom is 0.106 e. The van der Waals surface area contributed by atoms with Crippen molar-refractivity contribution in [1.82, 2.24) is 5.32 Å². The van der Waals surface area contributed by atoms with E-state index in [2.05, 4.69) is 40.0 Å². The predicted octanol–water partition coefficient (Wildman–Crippen LogP) is 3.76. The van der Waals surface area contributed by atoms with Gasteiger partial charge in [0.15, 0.2) is 0 Å². The fourth-order valence-corrected chi connectivity index (χ4v) is 2.30. The molecule has 0 aromatic heterocycles. The van der Waals surface area contributed by atoms with Crippen molar-refractivity contribution in [2.24, 2.45) is 0 Å². The second-order valence-electron chi connectivity index (χ2n) is 3.64. The Morgan fingerprint density at radius 3 is 2.35 bits per heavy atom. The lowest BCUT2D eigenvalue weighted by molar-refractivity contribution is 0.922. The van der Waals surface area contributed by atoms with E-state index < -0.39 is 0 Å². The van der Waals surface area contributed by atoms with Crippen molar-refractivity contribution in [2.75, 3.05) is 0 Å². The van der Waals surface area contributed by atoms with Gasteiger partial charge in [0.25, 0.3) is 0 Å². The molecule has 0 aliphatic carbocycles. The number of halogens is 1. The number of thiocarbonyl (C=S) groups is 1. The molecule has 0 bridgehead atoms. The lowest BCUT2D eigenvalue weighted by Crippen LogP contribution is -2.22. The van der Waals surface area contributed by atoms with Crippen molar-refractivity contribution < 1.29 is 0 Å². The highest BCUT2D eigenvalue weighted by Gasteiger charge is 2.01. The van der Waals surface area contributed by atoms with Gasteiger partial charge in [-0.1, -0.05) is 60.7 Å². The van der Waals surface area contributed by atoms with E-state index in [4.69, 9.17) is 12.2 Å². The average molecular weight is 353 g/mol. The molecule has 0 amide bonds. The van der Waals surface area contributed by atoms with E-state index in [9.17, 15) is 0 Å². The van der Waals surface area contributed by atoms with Crippen molar-refractivity contribution in [1.29, 1.82) is 0 Å². The number of benzene rings is 2. The molecule has 0 unspecified atom stereocenters. The number of hydrogen-bond donors (Lipinski definition) is 1. The van der Waals surface area contributed by atoms with Gasteiger partial charge in [-0.3, -0.25) is 0 Å². The van der Waals surface area contributed by atoms with Crippen LogP contribution >= 0.6 is 34.8 Å². The zero-order valence-electron chi connectivity index (χ0n) is 9.19. The first kappa shape index (κ1) is 12.5. The molecule has 17 heavy (non-hydrogen) atoms. The van der Waals surface area contributed by atoms with Gasteiger partial charge in [0.2, 0.25) is 0 Å². The smallest absolute Gasteiger partial charge is 0.106 e. The van der Waals surface area contributed by atoms with E-state index in [0.717, 1.165) is 17.1 Å². The fraction of sp³-hybridized carbons (Fsp3) is 0.0714. The van der Waals surface area contributed by atoms with E-state index in [-0.39, 0.29) is 0 Å². The first-order valence-corrected chi connectivity index (χ1v) is 6.83. The Labute approximate surface area is 120 Å². The Kier molecular flexibility index (Phi) is 4.50.